The van der Waals surface area contributed by atoms with Crippen molar-refractivity contribution >= 4 is 49.8 Å². The molecule has 0 saturated carbocycles. The van der Waals surface area contributed by atoms with Crippen LogP contribution in [0.2, 0.25) is 0 Å². The molecule has 1 aromatic carbocycles. The highest BCUT2D eigenvalue weighted by atomic mass is 32.2. The lowest BCUT2D eigenvalue weighted by atomic mass is 10.1. The Hall–Kier alpha value is -1.65. The van der Waals surface area contributed by atoms with E-state index in [2.05, 4.69) is 15.5 Å². The quantitative estimate of drug-likeness (QED) is 0.486. The van der Waals surface area contributed by atoms with Crippen molar-refractivity contribution in [2.45, 2.75) is 38.0 Å². The fourth-order valence-electron chi connectivity index (χ4n) is 2.48. The number of nitrogens with zero attached hydrogens (tertiary/aromatic N) is 3. The molecule has 0 fully saturated rings. The zero-order valence-electron chi connectivity index (χ0n) is 15.9. The molecule has 0 aliphatic carbocycles. The van der Waals surface area contributed by atoms with Gasteiger partial charge >= 0.3 is 0 Å². The number of hydrogen-bond acceptors (Lipinski definition) is 7. The van der Waals surface area contributed by atoms with E-state index >= 15 is 0 Å². The summed E-state index contributed by atoms with van der Waals surface area (Å²) in [7, 11) is -3.44. The largest absolute Gasteiger partial charge is 0.301 e. The molecule has 27 heavy (non-hydrogen) atoms. The first-order chi connectivity index (χ1) is 12.7. The number of amides is 1. The normalized spacial score (nSPS) is 11.4. The summed E-state index contributed by atoms with van der Waals surface area (Å²) in [6.07, 6.45) is 1.79. The van der Waals surface area contributed by atoms with E-state index in [4.69, 9.17) is 0 Å². The maximum Gasteiger partial charge on any atom is 0.232 e. The Bertz CT molecular complexity index is 897. The van der Waals surface area contributed by atoms with Gasteiger partial charge in [-0.15, -0.1) is 10.2 Å². The monoisotopic (exact) mass is 428 g/mol. The highest BCUT2D eigenvalue weighted by Gasteiger charge is 2.20. The molecular formula is C17H24N4O3S3. The van der Waals surface area contributed by atoms with Gasteiger partial charge in [0, 0.05) is 13.0 Å². The van der Waals surface area contributed by atoms with Crippen LogP contribution in [-0.2, 0) is 14.8 Å². The molecule has 1 heterocycles. The summed E-state index contributed by atoms with van der Waals surface area (Å²) < 4.78 is 26.6. The van der Waals surface area contributed by atoms with Gasteiger partial charge in [-0.1, -0.05) is 42.2 Å². The Kier molecular flexibility index (Phi) is 7.63. The lowest BCUT2D eigenvalue weighted by Crippen LogP contribution is -2.32. The zero-order chi connectivity index (χ0) is 20.0. The van der Waals surface area contributed by atoms with Gasteiger partial charge in [-0.2, -0.15) is 0 Å². The van der Waals surface area contributed by atoms with Gasteiger partial charge < -0.3 is 5.32 Å². The SMILES string of the molecule is CCSc1nnc(NC(=O)CCCN(c2cccc(C)c2C)S(C)(=O)=O)s1. The van der Waals surface area contributed by atoms with E-state index in [1.165, 1.54) is 21.9 Å². The Morgan fingerprint density at radius 1 is 1.30 bits per heavy atom. The van der Waals surface area contributed by atoms with Gasteiger partial charge in [0.05, 0.1) is 11.9 Å². The molecular weight excluding hydrogens is 404 g/mol. The van der Waals surface area contributed by atoms with Crippen LogP contribution >= 0.6 is 23.1 Å². The fourth-order valence-corrected chi connectivity index (χ4v) is 5.16. The number of benzene rings is 1. The lowest BCUT2D eigenvalue weighted by Gasteiger charge is -2.24. The highest BCUT2D eigenvalue weighted by Crippen LogP contribution is 2.26. The summed E-state index contributed by atoms with van der Waals surface area (Å²) in [6, 6.07) is 5.57. The van der Waals surface area contributed by atoms with Crippen molar-refractivity contribution in [3.8, 4) is 0 Å². The number of sulfonamides is 1. The first-order valence-corrected chi connectivity index (χ1v) is 12.2. The van der Waals surface area contributed by atoms with Gasteiger partial charge in [0.15, 0.2) is 4.34 Å². The van der Waals surface area contributed by atoms with Crippen LogP contribution in [0.3, 0.4) is 0 Å². The smallest absolute Gasteiger partial charge is 0.232 e. The van der Waals surface area contributed by atoms with Crippen molar-refractivity contribution in [2.24, 2.45) is 0 Å². The van der Waals surface area contributed by atoms with Crippen LogP contribution in [0.4, 0.5) is 10.8 Å². The molecule has 0 bridgehead atoms. The summed E-state index contributed by atoms with van der Waals surface area (Å²) in [6.45, 7) is 6.11. The van der Waals surface area contributed by atoms with E-state index in [1.54, 1.807) is 17.8 Å². The van der Waals surface area contributed by atoms with Crippen molar-refractivity contribution in [2.75, 3.05) is 28.2 Å². The van der Waals surface area contributed by atoms with Gasteiger partial charge in [-0.05, 0) is 43.2 Å². The van der Waals surface area contributed by atoms with Crippen molar-refractivity contribution in [1.82, 2.24) is 10.2 Å². The first-order valence-electron chi connectivity index (χ1n) is 8.52. The number of aryl methyl sites for hydroxylation is 1. The summed E-state index contributed by atoms with van der Waals surface area (Å²) in [5.74, 6) is 0.691. The van der Waals surface area contributed by atoms with Crippen LogP contribution in [-0.4, -0.2) is 43.1 Å². The van der Waals surface area contributed by atoms with E-state index in [-0.39, 0.29) is 18.9 Å². The molecule has 148 valence electrons. The number of aromatic nitrogens is 2. The molecule has 0 aliphatic heterocycles. The van der Waals surface area contributed by atoms with Crippen molar-refractivity contribution in [1.29, 1.82) is 0 Å². The van der Waals surface area contributed by atoms with Crippen LogP contribution in [0, 0.1) is 13.8 Å². The van der Waals surface area contributed by atoms with Crippen molar-refractivity contribution in [3.63, 3.8) is 0 Å². The molecule has 1 amide bonds. The van der Waals surface area contributed by atoms with Crippen LogP contribution in [0.15, 0.2) is 22.5 Å². The van der Waals surface area contributed by atoms with Crippen LogP contribution < -0.4 is 9.62 Å². The van der Waals surface area contributed by atoms with Gasteiger partial charge in [0.25, 0.3) is 0 Å². The lowest BCUT2D eigenvalue weighted by molar-refractivity contribution is -0.116. The number of carbonyl (C=O) groups excluding carboxylic acids is 1. The minimum Gasteiger partial charge on any atom is -0.301 e. The minimum atomic E-state index is -3.44. The predicted molar refractivity (Wildman–Crippen MR) is 112 cm³/mol. The van der Waals surface area contributed by atoms with Gasteiger partial charge in [0.2, 0.25) is 21.1 Å². The topological polar surface area (TPSA) is 92.3 Å². The van der Waals surface area contributed by atoms with Gasteiger partial charge in [0.1, 0.15) is 0 Å². The van der Waals surface area contributed by atoms with E-state index in [9.17, 15) is 13.2 Å². The standard InChI is InChI=1S/C17H24N4O3S3/c1-5-25-17-20-19-16(26-17)18-15(22)10-7-11-21(27(4,23)24)14-9-6-8-12(2)13(14)3/h6,8-9H,5,7,10-11H2,1-4H3,(H,18,19,22). The number of nitrogens with one attached hydrogen (secondary N) is 1. The molecule has 0 unspecified atom stereocenters. The Labute approximate surface area is 168 Å². The van der Waals surface area contributed by atoms with Gasteiger partial charge in [-0.25, -0.2) is 8.42 Å². The summed E-state index contributed by atoms with van der Waals surface area (Å²) >= 11 is 2.90. The predicted octanol–water partition coefficient (Wildman–Crippen LogP) is 3.45. The third-order valence-corrected chi connectivity index (χ3v) is 6.96. The molecule has 0 atom stereocenters. The van der Waals surface area contributed by atoms with E-state index in [1.807, 2.05) is 32.9 Å². The number of hydrogen-bond donors (Lipinski definition) is 1. The van der Waals surface area contributed by atoms with Crippen LogP contribution in [0.25, 0.3) is 0 Å². The first kappa shape index (κ1) is 21.6. The second-order valence-corrected chi connectivity index (χ2v) is 10.4. The maximum absolute atomic E-state index is 12.2. The molecule has 7 nitrogen and oxygen atoms in total. The second-order valence-electron chi connectivity index (χ2n) is 6.01. The molecule has 2 aromatic rings. The van der Waals surface area contributed by atoms with Crippen molar-refractivity contribution in [3.05, 3.63) is 29.3 Å². The number of carbonyl (C=O) groups is 1. The number of rotatable bonds is 9. The molecule has 0 aliphatic rings. The molecule has 0 spiro atoms. The zero-order valence-corrected chi connectivity index (χ0v) is 18.3. The highest BCUT2D eigenvalue weighted by molar-refractivity contribution is 8.01. The Morgan fingerprint density at radius 3 is 2.70 bits per heavy atom. The maximum atomic E-state index is 12.2. The Balaban J connectivity index is 1.97. The minimum absolute atomic E-state index is 0.200. The third-order valence-electron chi connectivity index (χ3n) is 3.93. The molecule has 2 rings (SSSR count). The summed E-state index contributed by atoms with van der Waals surface area (Å²) in [5.41, 5.74) is 2.60. The molecule has 10 heteroatoms. The van der Waals surface area contributed by atoms with Crippen molar-refractivity contribution < 1.29 is 13.2 Å². The van der Waals surface area contributed by atoms with Crippen LogP contribution in [0.5, 0.6) is 0 Å². The second kappa shape index (κ2) is 9.52. The molecule has 1 aromatic heterocycles. The Morgan fingerprint density at radius 2 is 2.04 bits per heavy atom. The summed E-state index contributed by atoms with van der Waals surface area (Å²) in [4.78, 5) is 12.1. The van der Waals surface area contributed by atoms with Crippen LogP contribution in [0.1, 0.15) is 30.9 Å². The van der Waals surface area contributed by atoms with E-state index in [0.717, 1.165) is 21.2 Å². The molecule has 0 saturated heterocycles. The third kappa shape index (κ3) is 6.18. The van der Waals surface area contributed by atoms with E-state index in [0.29, 0.717) is 17.2 Å². The summed E-state index contributed by atoms with van der Waals surface area (Å²) in [5, 5.41) is 11.1. The van der Waals surface area contributed by atoms with Gasteiger partial charge in [-0.3, -0.25) is 9.10 Å². The average molecular weight is 429 g/mol. The van der Waals surface area contributed by atoms with E-state index < -0.39 is 10.0 Å². The number of thioether (sulfide) groups is 1. The molecule has 1 N–H and O–H groups in total. The number of anilines is 2. The molecule has 0 radical (unpaired) electrons. The average Bonchev–Trinajstić information content (AvgIpc) is 3.01. The fraction of sp³-hybridized carbons (Fsp3) is 0.471.